The Bertz CT molecular complexity index is 919. The smallest absolute Gasteiger partial charge is 0.247 e. The number of fused-ring (bicyclic) bond motifs is 1. The van der Waals surface area contributed by atoms with Gasteiger partial charge in [0.05, 0.1) is 13.5 Å². The standard InChI is InChI=1S/C17H13ClN4O2/c1-23-17-15-11(6-7-19-17)8-13(20-15)9-14-21-22-16(24-14)10-2-4-12(18)5-3-10/h2-7H,8-9H2,1H3. The summed E-state index contributed by atoms with van der Waals surface area (Å²) in [7, 11) is 1.59. The quantitative estimate of drug-likeness (QED) is 0.724. The molecule has 4 rings (SSSR count). The third-order valence-electron chi connectivity index (χ3n) is 3.75. The lowest BCUT2D eigenvalue weighted by molar-refractivity contribution is 0.399. The maximum Gasteiger partial charge on any atom is 0.247 e. The first-order valence-corrected chi connectivity index (χ1v) is 7.77. The van der Waals surface area contributed by atoms with E-state index in [1.54, 1.807) is 25.4 Å². The summed E-state index contributed by atoms with van der Waals surface area (Å²) in [5.74, 6) is 1.53. The van der Waals surface area contributed by atoms with Crippen LogP contribution in [0.2, 0.25) is 5.02 Å². The molecule has 120 valence electrons. The lowest BCUT2D eigenvalue weighted by Gasteiger charge is -2.01. The van der Waals surface area contributed by atoms with Crippen LogP contribution in [0.3, 0.4) is 0 Å². The summed E-state index contributed by atoms with van der Waals surface area (Å²) in [6, 6.07) is 9.22. The minimum atomic E-state index is 0.469. The minimum Gasteiger partial charge on any atom is -0.479 e. The average molecular weight is 341 g/mol. The van der Waals surface area contributed by atoms with E-state index in [9.17, 15) is 0 Å². The molecule has 7 heteroatoms. The van der Waals surface area contributed by atoms with Crippen LogP contribution in [-0.4, -0.2) is 28.0 Å². The van der Waals surface area contributed by atoms with Crippen molar-refractivity contribution in [2.45, 2.75) is 12.8 Å². The van der Waals surface area contributed by atoms with Gasteiger partial charge in [0.25, 0.3) is 0 Å². The van der Waals surface area contributed by atoms with Crippen LogP contribution in [0.25, 0.3) is 11.5 Å². The first-order valence-electron chi connectivity index (χ1n) is 7.39. The first kappa shape index (κ1) is 14.8. The van der Waals surface area contributed by atoms with Crippen LogP contribution in [0.1, 0.15) is 11.5 Å². The molecule has 6 nitrogen and oxygen atoms in total. The summed E-state index contributed by atoms with van der Waals surface area (Å²) in [5, 5.41) is 8.86. The minimum absolute atomic E-state index is 0.469. The van der Waals surface area contributed by atoms with Gasteiger partial charge in [-0.3, -0.25) is 4.99 Å². The summed E-state index contributed by atoms with van der Waals surface area (Å²) < 4.78 is 11.0. The molecule has 0 saturated carbocycles. The van der Waals surface area contributed by atoms with Gasteiger partial charge in [-0.1, -0.05) is 11.6 Å². The molecule has 1 aliphatic heterocycles. The van der Waals surface area contributed by atoms with Gasteiger partial charge in [0.1, 0.15) is 5.69 Å². The zero-order valence-corrected chi connectivity index (χ0v) is 13.6. The normalized spacial score (nSPS) is 12.8. The van der Waals surface area contributed by atoms with Gasteiger partial charge in [-0.2, -0.15) is 0 Å². The highest BCUT2D eigenvalue weighted by atomic mass is 35.5. The van der Waals surface area contributed by atoms with Crippen molar-refractivity contribution in [1.29, 1.82) is 0 Å². The second-order valence-electron chi connectivity index (χ2n) is 5.37. The van der Waals surface area contributed by atoms with Crippen molar-refractivity contribution in [2.24, 2.45) is 4.99 Å². The van der Waals surface area contributed by atoms with E-state index >= 15 is 0 Å². The Balaban J connectivity index is 1.54. The summed E-state index contributed by atoms with van der Waals surface area (Å²) in [4.78, 5) is 8.76. The van der Waals surface area contributed by atoms with E-state index in [1.807, 2.05) is 18.2 Å². The Kier molecular flexibility index (Phi) is 3.74. The van der Waals surface area contributed by atoms with Gasteiger partial charge in [0.2, 0.25) is 17.7 Å². The van der Waals surface area contributed by atoms with E-state index in [2.05, 4.69) is 20.2 Å². The highest BCUT2D eigenvalue weighted by molar-refractivity contribution is 6.30. The van der Waals surface area contributed by atoms with Crippen molar-refractivity contribution in [3.05, 3.63) is 53.0 Å². The summed E-state index contributed by atoms with van der Waals surface area (Å²) in [6.45, 7) is 0. The SMILES string of the molecule is COc1nccc2c1N=C(Cc1nnc(-c3ccc(Cl)cc3)o1)C2. The van der Waals surface area contributed by atoms with Crippen LogP contribution < -0.4 is 4.74 Å². The Morgan fingerprint density at radius 2 is 2.00 bits per heavy atom. The van der Waals surface area contributed by atoms with Crippen LogP contribution >= 0.6 is 11.6 Å². The predicted molar refractivity (Wildman–Crippen MR) is 90.0 cm³/mol. The van der Waals surface area contributed by atoms with Gasteiger partial charge in [0.15, 0.2) is 0 Å². The van der Waals surface area contributed by atoms with E-state index < -0.39 is 0 Å². The van der Waals surface area contributed by atoms with E-state index in [4.69, 9.17) is 20.8 Å². The molecule has 0 unspecified atom stereocenters. The van der Waals surface area contributed by atoms with Gasteiger partial charge in [0, 0.05) is 28.9 Å². The van der Waals surface area contributed by atoms with E-state index in [1.165, 1.54) is 0 Å². The highest BCUT2D eigenvalue weighted by Crippen LogP contribution is 2.34. The van der Waals surface area contributed by atoms with E-state index in [-0.39, 0.29) is 0 Å². The lowest BCUT2D eigenvalue weighted by atomic mass is 10.1. The van der Waals surface area contributed by atoms with Crippen molar-refractivity contribution in [3.63, 3.8) is 0 Å². The zero-order valence-electron chi connectivity index (χ0n) is 12.9. The molecule has 0 N–H and O–H groups in total. The monoisotopic (exact) mass is 340 g/mol. The number of ether oxygens (including phenoxy) is 1. The fourth-order valence-corrected chi connectivity index (χ4v) is 2.74. The molecule has 1 aromatic carbocycles. The Morgan fingerprint density at radius 1 is 1.17 bits per heavy atom. The van der Waals surface area contributed by atoms with Crippen molar-refractivity contribution >= 4 is 23.0 Å². The summed E-state index contributed by atoms with van der Waals surface area (Å²) >= 11 is 5.89. The third-order valence-corrected chi connectivity index (χ3v) is 4.00. The summed E-state index contributed by atoms with van der Waals surface area (Å²) in [5.41, 5.74) is 3.66. The van der Waals surface area contributed by atoms with Gasteiger partial charge in [-0.05, 0) is 35.9 Å². The molecule has 2 aromatic heterocycles. The number of halogens is 1. The number of hydrogen-bond donors (Lipinski definition) is 0. The Hall–Kier alpha value is -2.73. The molecule has 0 aliphatic carbocycles. The highest BCUT2D eigenvalue weighted by Gasteiger charge is 2.21. The zero-order chi connectivity index (χ0) is 16.5. The molecule has 1 aliphatic rings. The molecule has 3 heterocycles. The van der Waals surface area contributed by atoms with Crippen molar-refractivity contribution < 1.29 is 9.15 Å². The number of pyridine rings is 1. The number of hydrogen-bond acceptors (Lipinski definition) is 6. The molecule has 0 spiro atoms. The predicted octanol–water partition coefficient (Wildman–Crippen LogP) is 3.66. The second-order valence-corrected chi connectivity index (χ2v) is 5.80. The molecule has 0 radical (unpaired) electrons. The molecule has 0 atom stereocenters. The molecule has 0 amide bonds. The van der Waals surface area contributed by atoms with Crippen LogP contribution in [0.4, 0.5) is 5.69 Å². The maximum absolute atomic E-state index is 5.89. The number of methoxy groups -OCH3 is 1. The molecule has 0 bridgehead atoms. The van der Waals surface area contributed by atoms with Crippen LogP contribution in [0.15, 0.2) is 45.9 Å². The van der Waals surface area contributed by atoms with Crippen molar-refractivity contribution in [2.75, 3.05) is 7.11 Å². The number of benzene rings is 1. The molecular weight excluding hydrogens is 328 g/mol. The fraction of sp³-hybridized carbons (Fsp3) is 0.176. The van der Waals surface area contributed by atoms with Crippen LogP contribution in [0.5, 0.6) is 5.88 Å². The molecule has 24 heavy (non-hydrogen) atoms. The first-order chi connectivity index (χ1) is 11.7. The summed E-state index contributed by atoms with van der Waals surface area (Å²) in [6.07, 6.45) is 2.95. The van der Waals surface area contributed by atoms with Crippen molar-refractivity contribution in [1.82, 2.24) is 15.2 Å². The Morgan fingerprint density at radius 3 is 2.79 bits per heavy atom. The largest absolute Gasteiger partial charge is 0.479 e. The third kappa shape index (κ3) is 2.76. The van der Waals surface area contributed by atoms with E-state index in [0.29, 0.717) is 29.1 Å². The van der Waals surface area contributed by atoms with Gasteiger partial charge in [-0.15, -0.1) is 10.2 Å². The lowest BCUT2D eigenvalue weighted by Crippen LogP contribution is -2.02. The number of aliphatic imine (C=N–C) groups is 1. The topological polar surface area (TPSA) is 73.4 Å². The fourth-order valence-electron chi connectivity index (χ4n) is 2.61. The van der Waals surface area contributed by atoms with E-state index in [0.717, 1.165) is 28.9 Å². The van der Waals surface area contributed by atoms with Gasteiger partial charge in [-0.25, -0.2) is 4.98 Å². The van der Waals surface area contributed by atoms with Crippen LogP contribution in [0, 0.1) is 0 Å². The molecule has 3 aromatic rings. The second kappa shape index (κ2) is 6.05. The van der Waals surface area contributed by atoms with Crippen LogP contribution in [-0.2, 0) is 12.8 Å². The Labute approximate surface area is 143 Å². The average Bonchev–Trinajstić information content (AvgIpc) is 3.22. The van der Waals surface area contributed by atoms with Gasteiger partial charge >= 0.3 is 0 Å². The number of aromatic nitrogens is 3. The number of nitrogens with zero attached hydrogens (tertiary/aromatic N) is 4. The molecular formula is C17H13ClN4O2. The molecule has 0 fully saturated rings. The number of rotatable bonds is 4. The van der Waals surface area contributed by atoms with Crippen molar-refractivity contribution in [3.8, 4) is 17.3 Å². The van der Waals surface area contributed by atoms with Gasteiger partial charge < -0.3 is 9.15 Å². The molecule has 0 saturated heterocycles. The maximum atomic E-state index is 5.89.